The first-order chi connectivity index (χ1) is 14.6. The maximum atomic E-state index is 12.9. The first-order valence-electron chi connectivity index (χ1n) is 9.86. The predicted octanol–water partition coefficient (Wildman–Crippen LogP) is 5.09. The van der Waals surface area contributed by atoms with Crippen LogP contribution in [-0.4, -0.2) is 23.0 Å². The molecule has 0 aliphatic rings. The number of hydrogen-bond acceptors (Lipinski definition) is 5. The monoisotopic (exact) mass is 423 g/mol. The summed E-state index contributed by atoms with van der Waals surface area (Å²) in [6.07, 6.45) is 0.105. The van der Waals surface area contributed by atoms with Crippen LogP contribution < -0.4 is 10.6 Å². The summed E-state index contributed by atoms with van der Waals surface area (Å²) in [4.78, 5) is 29.6. The lowest BCUT2D eigenvalue weighted by Crippen LogP contribution is -2.47. The Kier molecular flexibility index (Phi) is 7.57. The number of amides is 2. The third-order valence-electron chi connectivity index (χ3n) is 4.79. The molecule has 2 N–H and O–H groups in total. The van der Waals surface area contributed by atoms with E-state index in [1.165, 1.54) is 11.3 Å². The number of alkyl carbamates (subject to hydrolysis) is 1. The van der Waals surface area contributed by atoms with Gasteiger partial charge < -0.3 is 15.4 Å². The van der Waals surface area contributed by atoms with Crippen molar-refractivity contribution in [2.75, 3.05) is 5.32 Å². The number of carbonyl (C=O) groups is 2. The maximum absolute atomic E-state index is 12.9. The van der Waals surface area contributed by atoms with Gasteiger partial charge in [0.25, 0.3) is 0 Å². The van der Waals surface area contributed by atoms with E-state index >= 15 is 0 Å². The SMILES string of the molecule is CC[C@H](C)[C@H](NC(=O)OCc1ccccc1)C(=O)Nc1nc(-c2ccccc2)cs1. The van der Waals surface area contributed by atoms with Crippen molar-refractivity contribution < 1.29 is 14.3 Å². The number of thiazole rings is 1. The lowest BCUT2D eigenvalue weighted by molar-refractivity contribution is -0.119. The number of benzene rings is 2. The minimum absolute atomic E-state index is 0.0668. The highest BCUT2D eigenvalue weighted by atomic mass is 32.1. The molecule has 30 heavy (non-hydrogen) atoms. The van der Waals surface area contributed by atoms with Gasteiger partial charge in [-0.3, -0.25) is 4.79 Å². The minimum atomic E-state index is -0.720. The van der Waals surface area contributed by atoms with Crippen LogP contribution in [0, 0.1) is 5.92 Å². The van der Waals surface area contributed by atoms with Crippen molar-refractivity contribution in [3.05, 3.63) is 71.6 Å². The second-order valence-corrected chi connectivity index (χ2v) is 7.82. The molecule has 0 saturated carbocycles. The van der Waals surface area contributed by atoms with Crippen molar-refractivity contribution in [3.8, 4) is 11.3 Å². The number of carbonyl (C=O) groups excluding carboxylic acids is 2. The molecule has 156 valence electrons. The predicted molar refractivity (Wildman–Crippen MR) is 119 cm³/mol. The van der Waals surface area contributed by atoms with Crippen LogP contribution in [0.4, 0.5) is 9.93 Å². The molecule has 0 aliphatic heterocycles. The van der Waals surface area contributed by atoms with Crippen molar-refractivity contribution in [1.29, 1.82) is 0 Å². The average Bonchev–Trinajstić information content (AvgIpc) is 3.25. The number of anilines is 1. The van der Waals surface area contributed by atoms with Gasteiger partial charge in [-0.25, -0.2) is 9.78 Å². The molecule has 0 saturated heterocycles. The van der Waals surface area contributed by atoms with Crippen LogP contribution in [0.2, 0.25) is 0 Å². The second kappa shape index (κ2) is 10.5. The molecule has 7 heteroatoms. The molecule has 1 heterocycles. The van der Waals surface area contributed by atoms with Crippen molar-refractivity contribution >= 4 is 28.5 Å². The second-order valence-electron chi connectivity index (χ2n) is 6.96. The number of rotatable bonds is 8. The Morgan fingerprint density at radius 2 is 1.73 bits per heavy atom. The van der Waals surface area contributed by atoms with Gasteiger partial charge in [-0.2, -0.15) is 0 Å². The molecule has 3 rings (SSSR count). The van der Waals surface area contributed by atoms with E-state index in [2.05, 4.69) is 15.6 Å². The standard InChI is InChI=1S/C23H25N3O3S/c1-3-16(2)20(25-23(28)29-14-17-10-6-4-7-11-17)21(27)26-22-24-19(15-30-22)18-12-8-5-9-13-18/h4-13,15-16,20H,3,14H2,1-2H3,(H,25,28)(H,24,26,27)/t16-,20-/m0/s1. The van der Waals surface area contributed by atoms with E-state index in [1.54, 1.807) is 0 Å². The maximum Gasteiger partial charge on any atom is 0.408 e. The highest BCUT2D eigenvalue weighted by molar-refractivity contribution is 7.14. The van der Waals surface area contributed by atoms with Crippen LogP contribution >= 0.6 is 11.3 Å². The van der Waals surface area contributed by atoms with Crippen LogP contribution in [0.15, 0.2) is 66.0 Å². The Hall–Kier alpha value is -3.19. The fourth-order valence-electron chi connectivity index (χ4n) is 2.85. The summed E-state index contributed by atoms with van der Waals surface area (Å²) < 4.78 is 5.27. The van der Waals surface area contributed by atoms with Crippen LogP contribution in [0.25, 0.3) is 11.3 Å². The van der Waals surface area contributed by atoms with Crippen LogP contribution in [-0.2, 0) is 16.1 Å². The molecule has 2 amide bonds. The highest BCUT2D eigenvalue weighted by Crippen LogP contribution is 2.25. The van der Waals surface area contributed by atoms with E-state index in [4.69, 9.17) is 4.74 Å². The smallest absolute Gasteiger partial charge is 0.408 e. The Balaban J connectivity index is 1.61. The third-order valence-corrected chi connectivity index (χ3v) is 5.54. The zero-order valence-electron chi connectivity index (χ0n) is 17.0. The first kappa shape index (κ1) is 21.5. The number of nitrogens with one attached hydrogen (secondary N) is 2. The molecule has 0 bridgehead atoms. The molecule has 3 aromatic rings. The van der Waals surface area contributed by atoms with Gasteiger partial charge in [0.05, 0.1) is 5.69 Å². The summed E-state index contributed by atoms with van der Waals surface area (Å²) in [5.41, 5.74) is 2.66. The van der Waals surface area contributed by atoms with Gasteiger partial charge in [0.15, 0.2) is 5.13 Å². The van der Waals surface area contributed by atoms with Crippen molar-refractivity contribution in [2.24, 2.45) is 5.92 Å². The van der Waals surface area contributed by atoms with Crippen LogP contribution in [0.3, 0.4) is 0 Å². The summed E-state index contributed by atoms with van der Waals surface area (Å²) >= 11 is 1.35. The molecule has 0 unspecified atom stereocenters. The van der Waals surface area contributed by atoms with Gasteiger partial charge in [0.2, 0.25) is 5.91 Å². The Labute approximate surface area is 180 Å². The molecule has 0 fully saturated rings. The van der Waals surface area contributed by atoms with Crippen molar-refractivity contribution in [3.63, 3.8) is 0 Å². The van der Waals surface area contributed by atoms with Gasteiger partial charge >= 0.3 is 6.09 Å². The summed E-state index contributed by atoms with van der Waals surface area (Å²) in [6, 6.07) is 18.4. The lowest BCUT2D eigenvalue weighted by Gasteiger charge is -2.22. The number of hydrogen-bond donors (Lipinski definition) is 2. The topological polar surface area (TPSA) is 80.3 Å². The quantitative estimate of drug-likeness (QED) is 0.529. The number of nitrogens with zero attached hydrogens (tertiary/aromatic N) is 1. The molecule has 2 atom stereocenters. The van der Waals surface area contributed by atoms with Crippen LogP contribution in [0.5, 0.6) is 0 Å². The molecule has 1 aromatic heterocycles. The Morgan fingerprint density at radius 1 is 1.07 bits per heavy atom. The third kappa shape index (κ3) is 5.90. The van der Waals surface area contributed by atoms with E-state index in [0.29, 0.717) is 5.13 Å². The molecule has 0 radical (unpaired) electrons. The van der Waals surface area contributed by atoms with Gasteiger partial charge in [-0.15, -0.1) is 11.3 Å². The fourth-order valence-corrected chi connectivity index (χ4v) is 3.57. The summed E-state index contributed by atoms with van der Waals surface area (Å²) in [7, 11) is 0. The Bertz CT molecular complexity index is 960. The van der Waals surface area contributed by atoms with Crippen molar-refractivity contribution in [1.82, 2.24) is 10.3 Å². The normalized spacial score (nSPS) is 12.6. The number of ether oxygens (including phenoxy) is 1. The highest BCUT2D eigenvalue weighted by Gasteiger charge is 2.27. The molecule has 6 nitrogen and oxygen atoms in total. The first-order valence-corrected chi connectivity index (χ1v) is 10.7. The fraction of sp³-hybridized carbons (Fsp3) is 0.261. The molecule has 0 aliphatic carbocycles. The Morgan fingerprint density at radius 3 is 2.40 bits per heavy atom. The van der Waals surface area contributed by atoms with E-state index in [9.17, 15) is 9.59 Å². The van der Waals surface area contributed by atoms with Gasteiger partial charge in [0, 0.05) is 10.9 Å². The molecular weight excluding hydrogens is 398 g/mol. The lowest BCUT2D eigenvalue weighted by atomic mass is 9.98. The largest absolute Gasteiger partial charge is 0.445 e. The minimum Gasteiger partial charge on any atom is -0.445 e. The van der Waals surface area contributed by atoms with Crippen molar-refractivity contribution in [2.45, 2.75) is 32.9 Å². The molecule has 2 aromatic carbocycles. The van der Waals surface area contributed by atoms with E-state index in [1.807, 2.05) is 79.9 Å². The van der Waals surface area contributed by atoms with Gasteiger partial charge in [0.1, 0.15) is 12.6 Å². The van der Waals surface area contributed by atoms with Gasteiger partial charge in [-0.1, -0.05) is 80.9 Å². The van der Waals surface area contributed by atoms with E-state index in [-0.39, 0.29) is 18.4 Å². The van der Waals surface area contributed by atoms with E-state index in [0.717, 1.165) is 23.2 Å². The average molecular weight is 424 g/mol. The zero-order chi connectivity index (χ0) is 21.3. The summed E-state index contributed by atoms with van der Waals surface area (Å²) in [5.74, 6) is -0.377. The van der Waals surface area contributed by atoms with Crippen LogP contribution in [0.1, 0.15) is 25.8 Å². The molecular formula is C23H25N3O3S. The summed E-state index contributed by atoms with van der Waals surface area (Å²) in [6.45, 7) is 4.03. The van der Waals surface area contributed by atoms with Gasteiger partial charge in [-0.05, 0) is 11.5 Å². The van der Waals surface area contributed by atoms with E-state index < -0.39 is 12.1 Å². The zero-order valence-corrected chi connectivity index (χ0v) is 17.8. The number of aromatic nitrogens is 1. The molecule has 0 spiro atoms. The summed E-state index contributed by atoms with van der Waals surface area (Å²) in [5, 5.41) is 7.91.